The topological polar surface area (TPSA) is 67.4 Å². The van der Waals surface area contributed by atoms with Gasteiger partial charge in [0.2, 0.25) is 0 Å². The smallest absolute Gasteiger partial charge is 0.309 e. The van der Waals surface area contributed by atoms with E-state index in [1.165, 1.54) is 6.42 Å². The molecule has 2 N–H and O–H groups in total. The number of amides is 2. The van der Waals surface area contributed by atoms with Crippen LogP contribution < -0.4 is 15.4 Å². The Labute approximate surface area is 144 Å². The van der Waals surface area contributed by atoms with Crippen molar-refractivity contribution < 1.29 is 14.3 Å². The predicted molar refractivity (Wildman–Crippen MR) is 93.9 cm³/mol. The van der Waals surface area contributed by atoms with Gasteiger partial charge in [-0.3, -0.25) is 9.59 Å². The van der Waals surface area contributed by atoms with Crippen molar-refractivity contribution in [3.05, 3.63) is 29.8 Å². The van der Waals surface area contributed by atoms with Crippen molar-refractivity contribution in [1.82, 2.24) is 10.6 Å². The number of methoxy groups -OCH3 is 1. The SMILES string of the molecule is CCC1CCC(NC(=O)C(=O)NCCc2ccc(OC)cc2)CC1. The second-order valence-electron chi connectivity index (χ2n) is 6.45. The highest BCUT2D eigenvalue weighted by Gasteiger charge is 2.23. The van der Waals surface area contributed by atoms with E-state index in [2.05, 4.69) is 17.6 Å². The van der Waals surface area contributed by atoms with Crippen LogP contribution in [0, 0.1) is 5.92 Å². The molecule has 0 bridgehead atoms. The van der Waals surface area contributed by atoms with Gasteiger partial charge in [0.1, 0.15) is 5.75 Å². The van der Waals surface area contributed by atoms with E-state index in [9.17, 15) is 9.59 Å². The summed E-state index contributed by atoms with van der Waals surface area (Å²) in [5.74, 6) is 0.530. The van der Waals surface area contributed by atoms with Crippen LogP contribution in [-0.2, 0) is 16.0 Å². The summed E-state index contributed by atoms with van der Waals surface area (Å²) in [5.41, 5.74) is 1.09. The average Bonchev–Trinajstić information content (AvgIpc) is 2.62. The van der Waals surface area contributed by atoms with E-state index in [1.807, 2.05) is 24.3 Å². The normalized spacial score (nSPS) is 20.2. The first-order valence-corrected chi connectivity index (χ1v) is 8.84. The van der Waals surface area contributed by atoms with Crippen molar-refractivity contribution in [2.24, 2.45) is 5.92 Å². The van der Waals surface area contributed by atoms with Crippen LogP contribution in [-0.4, -0.2) is 31.5 Å². The van der Waals surface area contributed by atoms with Gasteiger partial charge in [-0.1, -0.05) is 25.5 Å². The first-order valence-electron chi connectivity index (χ1n) is 8.84. The van der Waals surface area contributed by atoms with Crippen molar-refractivity contribution in [2.75, 3.05) is 13.7 Å². The molecule has 24 heavy (non-hydrogen) atoms. The highest BCUT2D eigenvalue weighted by atomic mass is 16.5. The van der Waals surface area contributed by atoms with Crippen molar-refractivity contribution in [2.45, 2.75) is 51.5 Å². The van der Waals surface area contributed by atoms with Gasteiger partial charge in [-0.25, -0.2) is 0 Å². The van der Waals surface area contributed by atoms with Gasteiger partial charge in [0, 0.05) is 12.6 Å². The summed E-state index contributed by atoms with van der Waals surface area (Å²) in [7, 11) is 1.63. The minimum absolute atomic E-state index is 0.146. The fraction of sp³-hybridized carbons (Fsp3) is 0.579. The Kier molecular flexibility index (Phi) is 7.09. The molecule has 0 spiro atoms. The highest BCUT2D eigenvalue weighted by Crippen LogP contribution is 2.26. The van der Waals surface area contributed by atoms with Crippen molar-refractivity contribution in [3.8, 4) is 5.75 Å². The number of carbonyl (C=O) groups excluding carboxylic acids is 2. The van der Waals surface area contributed by atoms with Gasteiger partial charge in [0.15, 0.2) is 0 Å². The first-order chi connectivity index (χ1) is 11.6. The van der Waals surface area contributed by atoms with Crippen LogP contribution in [0.25, 0.3) is 0 Å². The summed E-state index contributed by atoms with van der Waals surface area (Å²) < 4.78 is 5.11. The van der Waals surface area contributed by atoms with Gasteiger partial charge >= 0.3 is 11.8 Å². The molecule has 0 atom stereocenters. The summed E-state index contributed by atoms with van der Waals surface area (Å²) >= 11 is 0. The third-order valence-corrected chi connectivity index (χ3v) is 4.82. The Morgan fingerprint density at radius 1 is 1.08 bits per heavy atom. The molecule has 0 aliphatic heterocycles. The van der Waals surface area contributed by atoms with Crippen LogP contribution in [0.4, 0.5) is 0 Å². The van der Waals surface area contributed by atoms with Crippen LogP contribution in [0.3, 0.4) is 0 Å². The molecule has 2 rings (SSSR count). The summed E-state index contributed by atoms with van der Waals surface area (Å²) in [4.78, 5) is 23.8. The molecule has 132 valence electrons. The fourth-order valence-electron chi connectivity index (χ4n) is 3.16. The monoisotopic (exact) mass is 332 g/mol. The zero-order valence-electron chi connectivity index (χ0n) is 14.6. The third kappa shape index (κ3) is 5.55. The minimum Gasteiger partial charge on any atom is -0.497 e. The molecule has 1 aromatic carbocycles. The standard InChI is InChI=1S/C19H28N2O3/c1-3-14-4-8-16(9-5-14)21-19(23)18(22)20-13-12-15-6-10-17(24-2)11-7-15/h6-7,10-11,14,16H,3-5,8-9,12-13H2,1-2H3,(H,20,22)(H,21,23). The first kappa shape index (κ1) is 18.3. The number of hydrogen-bond donors (Lipinski definition) is 2. The van der Waals surface area contributed by atoms with Gasteiger partial charge < -0.3 is 15.4 Å². The summed E-state index contributed by atoms with van der Waals surface area (Å²) in [5, 5.41) is 5.55. The number of nitrogens with one attached hydrogen (secondary N) is 2. The van der Waals surface area contributed by atoms with Crippen molar-refractivity contribution >= 4 is 11.8 Å². The van der Waals surface area contributed by atoms with E-state index >= 15 is 0 Å². The lowest BCUT2D eigenvalue weighted by molar-refractivity contribution is -0.139. The van der Waals surface area contributed by atoms with Gasteiger partial charge in [0.25, 0.3) is 0 Å². The Balaban J connectivity index is 1.67. The van der Waals surface area contributed by atoms with Crippen LogP contribution in [0.5, 0.6) is 5.75 Å². The average molecular weight is 332 g/mol. The van der Waals surface area contributed by atoms with Crippen molar-refractivity contribution in [3.63, 3.8) is 0 Å². The lowest BCUT2D eigenvalue weighted by Crippen LogP contribution is -2.46. The van der Waals surface area contributed by atoms with Gasteiger partial charge in [0.05, 0.1) is 7.11 Å². The molecule has 1 aliphatic rings. The molecule has 1 aliphatic carbocycles. The lowest BCUT2D eigenvalue weighted by Gasteiger charge is -2.28. The molecule has 2 amide bonds. The maximum Gasteiger partial charge on any atom is 0.309 e. The zero-order valence-corrected chi connectivity index (χ0v) is 14.6. The minimum atomic E-state index is -0.541. The van der Waals surface area contributed by atoms with Gasteiger partial charge in [-0.15, -0.1) is 0 Å². The molecular weight excluding hydrogens is 304 g/mol. The number of hydrogen-bond acceptors (Lipinski definition) is 3. The van der Waals surface area contributed by atoms with Crippen molar-refractivity contribution in [1.29, 1.82) is 0 Å². The summed E-state index contributed by atoms with van der Waals surface area (Å²) in [6.45, 7) is 2.65. The Morgan fingerprint density at radius 3 is 2.33 bits per heavy atom. The second kappa shape index (κ2) is 9.30. The molecule has 5 nitrogen and oxygen atoms in total. The van der Waals surface area contributed by atoms with Crippen LogP contribution in [0.2, 0.25) is 0 Å². The van der Waals surface area contributed by atoms with E-state index in [4.69, 9.17) is 4.74 Å². The second-order valence-corrected chi connectivity index (χ2v) is 6.45. The van der Waals surface area contributed by atoms with E-state index < -0.39 is 11.8 Å². The number of carbonyl (C=O) groups is 2. The molecule has 0 saturated heterocycles. The van der Waals surface area contributed by atoms with Crippen LogP contribution in [0.15, 0.2) is 24.3 Å². The number of ether oxygens (including phenoxy) is 1. The van der Waals surface area contributed by atoms with Gasteiger partial charge in [-0.2, -0.15) is 0 Å². The fourth-order valence-corrected chi connectivity index (χ4v) is 3.16. The molecule has 1 fully saturated rings. The Hall–Kier alpha value is -2.04. The summed E-state index contributed by atoms with van der Waals surface area (Å²) in [6.07, 6.45) is 6.12. The van der Waals surface area contributed by atoms with E-state index in [0.29, 0.717) is 13.0 Å². The molecule has 1 saturated carbocycles. The molecule has 0 aromatic heterocycles. The Bertz CT molecular complexity index is 534. The maximum absolute atomic E-state index is 11.9. The van der Waals surface area contributed by atoms with Gasteiger partial charge in [-0.05, 0) is 55.7 Å². The number of rotatable bonds is 6. The largest absolute Gasteiger partial charge is 0.497 e. The highest BCUT2D eigenvalue weighted by molar-refractivity contribution is 6.35. The third-order valence-electron chi connectivity index (χ3n) is 4.82. The number of benzene rings is 1. The van der Waals surface area contributed by atoms with E-state index in [1.54, 1.807) is 7.11 Å². The van der Waals surface area contributed by atoms with E-state index in [0.717, 1.165) is 42.9 Å². The molecule has 0 unspecified atom stereocenters. The van der Waals surface area contributed by atoms with E-state index in [-0.39, 0.29) is 6.04 Å². The lowest BCUT2D eigenvalue weighted by atomic mass is 9.84. The molecule has 0 radical (unpaired) electrons. The molecule has 5 heteroatoms. The molecule has 0 heterocycles. The van der Waals surface area contributed by atoms with Crippen LogP contribution in [0.1, 0.15) is 44.6 Å². The molecule has 1 aromatic rings. The maximum atomic E-state index is 11.9. The molecular formula is C19H28N2O3. The summed E-state index contributed by atoms with van der Waals surface area (Å²) in [6, 6.07) is 7.83. The van der Waals surface area contributed by atoms with Crippen LogP contribution >= 0.6 is 0 Å². The Morgan fingerprint density at radius 2 is 1.75 bits per heavy atom. The zero-order chi connectivity index (χ0) is 17.4. The quantitative estimate of drug-likeness (QED) is 0.786. The predicted octanol–water partition coefficient (Wildman–Crippen LogP) is 2.44.